The van der Waals surface area contributed by atoms with Gasteiger partial charge in [0, 0.05) is 24.6 Å². The minimum atomic E-state index is -3.07. The van der Waals surface area contributed by atoms with Crippen LogP contribution in [0.1, 0.15) is 15.9 Å². The third-order valence-corrected chi connectivity index (χ3v) is 3.81. The molecule has 2 rings (SSSR count). The van der Waals surface area contributed by atoms with Crippen LogP contribution >= 0.6 is 0 Å². The van der Waals surface area contributed by atoms with Crippen molar-refractivity contribution in [3.63, 3.8) is 0 Å². The van der Waals surface area contributed by atoms with Crippen LogP contribution in [0.15, 0.2) is 36.7 Å². The molecule has 0 aliphatic carbocycles. The van der Waals surface area contributed by atoms with Crippen LogP contribution in [0.25, 0.3) is 5.69 Å². The van der Waals surface area contributed by atoms with Gasteiger partial charge in [-0.3, -0.25) is 4.79 Å². The molecule has 0 fully saturated rings. The molecule has 0 radical (unpaired) electrons. The average molecular weight is 307 g/mol. The Morgan fingerprint density at radius 1 is 1.29 bits per heavy atom. The van der Waals surface area contributed by atoms with Crippen molar-refractivity contribution >= 4 is 15.7 Å². The number of nitrogens with zero attached hydrogens (tertiary/aromatic N) is 2. The third kappa shape index (κ3) is 4.42. The SMILES string of the molecule is Cc1cnn(-c2ccc(C(=O)NCCS(C)(=O)=O)cc2)c1. The number of aromatic nitrogens is 2. The van der Waals surface area contributed by atoms with Crippen molar-refractivity contribution < 1.29 is 13.2 Å². The quantitative estimate of drug-likeness (QED) is 0.892. The molecule has 0 spiro atoms. The van der Waals surface area contributed by atoms with E-state index in [0.29, 0.717) is 5.56 Å². The number of hydrogen-bond acceptors (Lipinski definition) is 4. The fourth-order valence-electron chi connectivity index (χ4n) is 1.77. The molecule has 0 saturated carbocycles. The minimum absolute atomic E-state index is 0.0661. The second-order valence-electron chi connectivity index (χ2n) is 4.89. The van der Waals surface area contributed by atoms with Crippen LogP contribution in [0.3, 0.4) is 0 Å². The van der Waals surface area contributed by atoms with Crippen LogP contribution in [0.5, 0.6) is 0 Å². The fraction of sp³-hybridized carbons (Fsp3) is 0.286. The number of aryl methyl sites for hydroxylation is 1. The minimum Gasteiger partial charge on any atom is -0.351 e. The van der Waals surface area contributed by atoms with Crippen LogP contribution in [-0.4, -0.2) is 42.7 Å². The molecular weight excluding hydrogens is 290 g/mol. The lowest BCUT2D eigenvalue weighted by atomic mass is 10.2. The molecule has 7 heteroatoms. The lowest BCUT2D eigenvalue weighted by Gasteiger charge is -2.06. The first kappa shape index (κ1) is 15.2. The molecule has 1 aromatic carbocycles. The van der Waals surface area contributed by atoms with Gasteiger partial charge < -0.3 is 5.32 Å². The Hall–Kier alpha value is -2.15. The van der Waals surface area contributed by atoms with Crippen LogP contribution in [-0.2, 0) is 9.84 Å². The molecule has 0 aliphatic rings. The predicted octanol–water partition coefficient (Wildman–Crippen LogP) is 0.955. The summed E-state index contributed by atoms with van der Waals surface area (Å²) >= 11 is 0. The van der Waals surface area contributed by atoms with Gasteiger partial charge in [-0.15, -0.1) is 0 Å². The monoisotopic (exact) mass is 307 g/mol. The first-order chi connectivity index (χ1) is 9.85. The van der Waals surface area contributed by atoms with Gasteiger partial charge in [0.25, 0.3) is 5.91 Å². The zero-order valence-electron chi connectivity index (χ0n) is 11.9. The molecule has 1 amide bonds. The largest absolute Gasteiger partial charge is 0.351 e. The number of benzene rings is 1. The van der Waals surface area contributed by atoms with Gasteiger partial charge >= 0.3 is 0 Å². The zero-order valence-corrected chi connectivity index (χ0v) is 12.7. The molecule has 0 atom stereocenters. The van der Waals surface area contributed by atoms with Gasteiger partial charge in [0.2, 0.25) is 0 Å². The molecule has 1 heterocycles. The average Bonchev–Trinajstić information content (AvgIpc) is 2.84. The molecule has 0 saturated heterocycles. The highest BCUT2D eigenvalue weighted by atomic mass is 32.2. The number of amides is 1. The number of sulfone groups is 1. The number of rotatable bonds is 5. The van der Waals surface area contributed by atoms with Crippen molar-refractivity contribution in [2.24, 2.45) is 0 Å². The van der Waals surface area contributed by atoms with E-state index in [1.165, 1.54) is 0 Å². The maximum atomic E-state index is 11.9. The summed E-state index contributed by atoms with van der Waals surface area (Å²) in [6.45, 7) is 2.06. The van der Waals surface area contributed by atoms with Gasteiger partial charge in [-0.2, -0.15) is 5.10 Å². The van der Waals surface area contributed by atoms with Crippen LogP contribution in [0, 0.1) is 6.92 Å². The van der Waals surface area contributed by atoms with E-state index in [9.17, 15) is 13.2 Å². The number of carbonyl (C=O) groups is 1. The summed E-state index contributed by atoms with van der Waals surface area (Å²) in [6, 6.07) is 6.94. The Bertz CT molecular complexity index is 733. The molecule has 1 N–H and O–H groups in total. The lowest BCUT2D eigenvalue weighted by molar-refractivity contribution is 0.0956. The van der Waals surface area contributed by atoms with Crippen molar-refractivity contribution in [3.8, 4) is 5.69 Å². The highest BCUT2D eigenvalue weighted by Gasteiger charge is 2.08. The summed E-state index contributed by atoms with van der Waals surface area (Å²) in [6.07, 6.45) is 4.78. The zero-order chi connectivity index (χ0) is 15.5. The van der Waals surface area contributed by atoms with Gasteiger partial charge in [0.05, 0.1) is 17.6 Å². The highest BCUT2D eigenvalue weighted by Crippen LogP contribution is 2.09. The first-order valence-electron chi connectivity index (χ1n) is 6.43. The van der Waals surface area contributed by atoms with Crippen LogP contribution < -0.4 is 5.32 Å². The van der Waals surface area contributed by atoms with Gasteiger partial charge in [-0.25, -0.2) is 13.1 Å². The molecule has 1 aromatic heterocycles. The standard InChI is InChI=1S/C14H17N3O3S/c1-11-9-16-17(10-11)13-5-3-12(4-6-13)14(18)15-7-8-21(2,19)20/h3-6,9-10H,7-8H2,1-2H3,(H,15,18). The van der Waals surface area contributed by atoms with Crippen LogP contribution in [0.4, 0.5) is 0 Å². The van der Waals surface area contributed by atoms with E-state index in [1.54, 1.807) is 35.1 Å². The molecule has 0 unspecified atom stereocenters. The molecule has 112 valence electrons. The van der Waals surface area contributed by atoms with E-state index in [4.69, 9.17) is 0 Å². The van der Waals surface area contributed by atoms with E-state index < -0.39 is 9.84 Å². The number of hydrogen-bond donors (Lipinski definition) is 1. The first-order valence-corrected chi connectivity index (χ1v) is 8.49. The van der Waals surface area contributed by atoms with E-state index in [1.807, 2.05) is 13.1 Å². The van der Waals surface area contributed by atoms with E-state index in [-0.39, 0.29) is 18.2 Å². The maximum absolute atomic E-state index is 11.9. The second-order valence-corrected chi connectivity index (χ2v) is 7.15. The summed E-state index contributed by atoms with van der Waals surface area (Å²) in [7, 11) is -3.07. The summed E-state index contributed by atoms with van der Waals surface area (Å²) in [5, 5.41) is 6.76. The van der Waals surface area contributed by atoms with Gasteiger partial charge in [0.1, 0.15) is 9.84 Å². The summed E-state index contributed by atoms with van der Waals surface area (Å²) in [5.74, 6) is -0.356. The Morgan fingerprint density at radius 2 is 1.95 bits per heavy atom. The summed E-state index contributed by atoms with van der Waals surface area (Å²) in [4.78, 5) is 11.9. The number of carbonyl (C=O) groups excluding carboxylic acids is 1. The molecule has 21 heavy (non-hydrogen) atoms. The van der Waals surface area contributed by atoms with Crippen molar-refractivity contribution in [3.05, 3.63) is 47.8 Å². The van der Waals surface area contributed by atoms with E-state index >= 15 is 0 Å². The number of nitrogens with one attached hydrogen (secondary N) is 1. The normalized spacial score (nSPS) is 11.3. The Kier molecular flexibility index (Phi) is 4.42. The molecule has 6 nitrogen and oxygen atoms in total. The highest BCUT2D eigenvalue weighted by molar-refractivity contribution is 7.90. The molecular formula is C14H17N3O3S. The molecule has 0 bridgehead atoms. The Balaban J connectivity index is 2.00. The maximum Gasteiger partial charge on any atom is 0.251 e. The molecule has 0 aliphatic heterocycles. The lowest BCUT2D eigenvalue weighted by Crippen LogP contribution is -2.28. The fourth-order valence-corrected chi connectivity index (χ4v) is 2.24. The predicted molar refractivity (Wildman–Crippen MR) is 80.3 cm³/mol. The Labute approximate surface area is 123 Å². The van der Waals surface area contributed by atoms with Crippen molar-refractivity contribution in [1.29, 1.82) is 0 Å². The summed E-state index contributed by atoms with van der Waals surface area (Å²) < 4.78 is 23.7. The van der Waals surface area contributed by atoms with Crippen molar-refractivity contribution in [2.45, 2.75) is 6.92 Å². The van der Waals surface area contributed by atoms with Crippen molar-refractivity contribution in [1.82, 2.24) is 15.1 Å². The topological polar surface area (TPSA) is 81.1 Å². The second kappa shape index (κ2) is 6.09. The molecule has 2 aromatic rings. The third-order valence-electron chi connectivity index (χ3n) is 2.86. The van der Waals surface area contributed by atoms with Gasteiger partial charge in [-0.05, 0) is 36.8 Å². The van der Waals surface area contributed by atoms with E-state index in [2.05, 4.69) is 10.4 Å². The van der Waals surface area contributed by atoms with E-state index in [0.717, 1.165) is 17.5 Å². The van der Waals surface area contributed by atoms with Crippen molar-refractivity contribution in [2.75, 3.05) is 18.6 Å². The summed E-state index contributed by atoms with van der Waals surface area (Å²) in [5.41, 5.74) is 2.39. The van der Waals surface area contributed by atoms with Crippen LogP contribution in [0.2, 0.25) is 0 Å². The van der Waals surface area contributed by atoms with Gasteiger partial charge in [0.15, 0.2) is 0 Å². The Morgan fingerprint density at radius 3 is 2.48 bits per heavy atom. The smallest absolute Gasteiger partial charge is 0.251 e. The van der Waals surface area contributed by atoms with Gasteiger partial charge in [-0.1, -0.05) is 0 Å².